The molecule has 21 heavy (non-hydrogen) atoms. The highest BCUT2D eigenvalue weighted by Gasteiger charge is 2.39. The topological polar surface area (TPSA) is 12.0 Å². The van der Waals surface area contributed by atoms with Crippen molar-refractivity contribution in [2.75, 3.05) is 0 Å². The maximum atomic E-state index is 12.6. The summed E-state index contributed by atoms with van der Waals surface area (Å²) in [7, 11) is 0. The lowest BCUT2D eigenvalue weighted by Gasteiger charge is -2.34. The SMILES string of the molecule is C=C/C=C(\C)C[C@](C)(CC(F)(F)F)NC(C)C.CC.CC. The molecule has 1 nitrogen and oxygen atoms in total. The van der Waals surface area contributed by atoms with E-state index in [4.69, 9.17) is 0 Å². The van der Waals surface area contributed by atoms with Crippen LogP contribution in [0, 0.1) is 0 Å². The Morgan fingerprint density at radius 2 is 1.57 bits per heavy atom. The lowest BCUT2D eigenvalue weighted by molar-refractivity contribution is -0.149. The second-order valence-corrected chi connectivity index (χ2v) is 5.08. The van der Waals surface area contributed by atoms with Crippen LogP contribution in [0.15, 0.2) is 24.3 Å². The van der Waals surface area contributed by atoms with Gasteiger partial charge in [0.2, 0.25) is 0 Å². The van der Waals surface area contributed by atoms with Gasteiger partial charge in [0.05, 0.1) is 6.42 Å². The van der Waals surface area contributed by atoms with Crippen molar-refractivity contribution >= 4 is 0 Å². The Bertz CT molecular complexity index is 280. The van der Waals surface area contributed by atoms with Crippen molar-refractivity contribution in [1.29, 1.82) is 0 Å². The van der Waals surface area contributed by atoms with Crippen LogP contribution in [-0.4, -0.2) is 17.8 Å². The molecule has 0 aliphatic heterocycles. The van der Waals surface area contributed by atoms with Crippen LogP contribution in [0.4, 0.5) is 13.2 Å². The third-order valence-electron chi connectivity index (χ3n) is 2.30. The molecule has 0 radical (unpaired) electrons. The van der Waals surface area contributed by atoms with E-state index in [2.05, 4.69) is 11.9 Å². The van der Waals surface area contributed by atoms with Gasteiger partial charge in [0, 0.05) is 11.6 Å². The number of nitrogens with one attached hydrogen (secondary N) is 1. The van der Waals surface area contributed by atoms with Crippen molar-refractivity contribution in [1.82, 2.24) is 5.32 Å². The fraction of sp³-hybridized carbons (Fsp3) is 0.765. The quantitative estimate of drug-likeness (QED) is 0.570. The van der Waals surface area contributed by atoms with Gasteiger partial charge in [0.15, 0.2) is 0 Å². The third-order valence-corrected chi connectivity index (χ3v) is 2.30. The molecule has 0 aromatic heterocycles. The first-order chi connectivity index (χ1) is 9.58. The molecule has 0 spiro atoms. The van der Waals surface area contributed by atoms with E-state index < -0.39 is 18.1 Å². The minimum Gasteiger partial charge on any atom is -0.309 e. The van der Waals surface area contributed by atoms with Gasteiger partial charge >= 0.3 is 6.18 Å². The molecule has 0 aliphatic carbocycles. The molecule has 0 fully saturated rings. The second-order valence-electron chi connectivity index (χ2n) is 5.08. The van der Waals surface area contributed by atoms with Crippen molar-refractivity contribution in [2.45, 2.75) is 86.0 Å². The number of rotatable bonds is 6. The molecule has 1 N–H and O–H groups in total. The number of allylic oxidation sites excluding steroid dienone is 2. The molecule has 1 atom stereocenters. The Labute approximate surface area is 129 Å². The summed E-state index contributed by atoms with van der Waals surface area (Å²) in [4.78, 5) is 0. The van der Waals surface area contributed by atoms with Crippen molar-refractivity contribution in [3.63, 3.8) is 0 Å². The lowest BCUT2D eigenvalue weighted by Crippen LogP contribution is -2.49. The van der Waals surface area contributed by atoms with Crippen LogP contribution in [0.1, 0.15) is 68.2 Å². The molecule has 0 unspecified atom stereocenters. The van der Waals surface area contributed by atoms with E-state index in [1.807, 2.05) is 48.5 Å². The van der Waals surface area contributed by atoms with E-state index in [0.29, 0.717) is 6.42 Å². The summed E-state index contributed by atoms with van der Waals surface area (Å²) in [5.74, 6) is 0. The number of halogens is 3. The highest BCUT2D eigenvalue weighted by Crippen LogP contribution is 2.31. The number of hydrogen-bond donors (Lipinski definition) is 1. The van der Waals surface area contributed by atoms with Crippen LogP contribution in [0.25, 0.3) is 0 Å². The van der Waals surface area contributed by atoms with Crippen LogP contribution in [0.2, 0.25) is 0 Å². The zero-order chi connectivity index (χ0) is 17.7. The first-order valence-electron chi connectivity index (χ1n) is 7.70. The average Bonchev–Trinajstić information content (AvgIpc) is 2.30. The maximum Gasteiger partial charge on any atom is 0.390 e. The predicted octanol–water partition coefficient (Wildman–Crippen LogP) is 6.27. The molecular weight excluding hydrogens is 275 g/mol. The average molecular weight is 309 g/mol. The largest absolute Gasteiger partial charge is 0.390 e. The summed E-state index contributed by atoms with van der Waals surface area (Å²) < 4.78 is 37.7. The molecule has 0 bridgehead atoms. The molecule has 4 heteroatoms. The fourth-order valence-electron chi connectivity index (χ4n) is 2.18. The van der Waals surface area contributed by atoms with E-state index in [1.54, 1.807) is 19.1 Å². The molecule has 0 rings (SSSR count). The monoisotopic (exact) mass is 309 g/mol. The van der Waals surface area contributed by atoms with Gasteiger partial charge in [-0.2, -0.15) is 13.2 Å². The van der Waals surface area contributed by atoms with Gasteiger partial charge in [-0.15, -0.1) is 0 Å². The van der Waals surface area contributed by atoms with Crippen LogP contribution < -0.4 is 5.32 Å². The van der Waals surface area contributed by atoms with Gasteiger partial charge in [-0.05, 0) is 20.3 Å². The van der Waals surface area contributed by atoms with Crippen molar-refractivity contribution < 1.29 is 13.2 Å². The van der Waals surface area contributed by atoms with Gasteiger partial charge in [-0.3, -0.25) is 0 Å². The molecule has 0 saturated carbocycles. The van der Waals surface area contributed by atoms with Crippen LogP contribution in [0.5, 0.6) is 0 Å². The zero-order valence-electron chi connectivity index (χ0n) is 15.0. The lowest BCUT2D eigenvalue weighted by atomic mass is 9.88. The van der Waals surface area contributed by atoms with Crippen LogP contribution in [0.3, 0.4) is 0 Å². The van der Waals surface area contributed by atoms with E-state index >= 15 is 0 Å². The first-order valence-corrected chi connectivity index (χ1v) is 7.70. The standard InChI is InChI=1S/C13H22F3N.2C2H6/c1-6-7-11(4)8-12(5,17-10(2)3)9-13(14,15)16;2*1-2/h6-7,10,17H,1,8-9H2,2-5H3;2*1-2H3/b11-7+;;/t12-;;/m1../s1. The van der Waals surface area contributed by atoms with Gasteiger partial charge < -0.3 is 5.32 Å². The summed E-state index contributed by atoms with van der Waals surface area (Å²) in [6.07, 6.45) is -1.29. The second kappa shape index (κ2) is 12.9. The Balaban J connectivity index is -0.000000739. The van der Waals surface area contributed by atoms with Crippen molar-refractivity contribution in [3.05, 3.63) is 24.3 Å². The van der Waals surface area contributed by atoms with E-state index in [-0.39, 0.29) is 6.04 Å². The third kappa shape index (κ3) is 17.2. The minimum atomic E-state index is -4.16. The Morgan fingerprint density at radius 3 is 1.86 bits per heavy atom. The molecule has 0 amide bonds. The van der Waals surface area contributed by atoms with Gasteiger partial charge in [0.25, 0.3) is 0 Å². The molecule has 0 saturated heterocycles. The molecule has 0 aliphatic rings. The summed E-state index contributed by atoms with van der Waals surface area (Å²) in [5, 5.41) is 3.01. The molecule has 0 aromatic carbocycles. The van der Waals surface area contributed by atoms with Crippen molar-refractivity contribution in [3.8, 4) is 0 Å². The summed E-state index contributed by atoms with van der Waals surface area (Å²) >= 11 is 0. The van der Waals surface area contributed by atoms with Gasteiger partial charge in [-0.1, -0.05) is 65.8 Å². The first kappa shape index (κ1) is 25.2. The molecule has 0 heterocycles. The normalized spacial score (nSPS) is 14.4. The van der Waals surface area contributed by atoms with E-state index in [1.165, 1.54) is 0 Å². The summed E-state index contributed by atoms with van der Waals surface area (Å²) in [6, 6.07) is 0.0129. The zero-order valence-corrected chi connectivity index (χ0v) is 15.0. The molecular formula is C17H34F3N. The van der Waals surface area contributed by atoms with Crippen LogP contribution >= 0.6 is 0 Å². The number of hydrogen-bond acceptors (Lipinski definition) is 1. The number of alkyl halides is 3. The predicted molar refractivity (Wildman–Crippen MR) is 88.6 cm³/mol. The Hall–Kier alpha value is -0.770. The smallest absolute Gasteiger partial charge is 0.309 e. The summed E-state index contributed by atoms with van der Waals surface area (Å²) in [6.45, 7) is 18.7. The van der Waals surface area contributed by atoms with Crippen molar-refractivity contribution in [2.24, 2.45) is 0 Å². The minimum absolute atomic E-state index is 0.0129. The van der Waals surface area contributed by atoms with Gasteiger partial charge in [-0.25, -0.2) is 0 Å². The summed E-state index contributed by atoms with van der Waals surface area (Å²) in [5.41, 5.74) is -0.0735. The fourth-order valence-corrected chi connectivity index (χ4v) is 2.18. The van der Waals surface area contributed by atoms with E-state index in [0.717, 1.165) is 5.57 Å². The maximum absolute atomic E-state index is 12.6. The Morgan fingerprint density at radius 1 is 1.14 bits per heavy atom. The van der Waals surface area contributed by atoms with E-state index in [9.17, 15) is 13.2 Å². The molecule has 0 aromatic rings. The highest BCUT2D eigenvalue weighted by atomic mass is 19.4. The highest BCUT2D eigenvalue weighted by molar-refractivity contribution is 5.12. The molecule has 128 valence electrons. The Kier molecular flexibility index (Phi) is 15.5. The van der Waals surface area contributed by atoms with Crippen LogP contribution in [-0.2, 0) is 0 Å². The van der Waals surface area contributed by atoms with Gasteiger partial charge in [0.1, 0.15) is 0 Å².